The largest absolute Gasteiger partial charge is 0.364 e. The zero-order chi connectivity index (χ0) is 10.7. The zero-order valence-electron chi connectivity index (χ0n) is 8.03. The molecular formula is C12H10ClNO. The van der Waals surface area contributed by atoms with Crippen LogP contribution in [0.5, 0.6) is 0 Å². The van der Waals surface area contributed by atoms with Gasteiger partial charge in [-0.25, -0.2) is 0 Å². The third-order valence-corrected chi connectivity index (χ3v) is 2.42. The molecule has 0 bridgehead atoms. The van der Waals surface area contributed by atoms with E-state index < -0.39 is 0 Å². The van der Waals surface area contributed by atoms with Gasteiger partial charge in [-0.2, -0.15) is 0 Å². The quantitative estimate of drug-likeness (QED) is 0.791. The van der Waals surface area contributed by atoms with Gasteiger partial charge in [0.25, 0.3) is 0 Å². The van der Waals surface area contributed by atoms with Gasteiger partial charge >= 0.3 is 0 Å². The molecule has 2 nitrogen and oxygen atoms in total. The third-order valence-electron chi connectivity index (χ3n) is 2.18. The molecule has 1 aromatic carbocycles. The summed E-state index contributed by atoms with van der Waals surface area (Å²) in [4.78, 5) is 13.5. The summed E-state index contributed by atoms with van der Waals surface area (Å²) in [7, 11) is 0. The maximum Gasteiger partial charge on any atom is 0.151 e. The molecule has 0 spiro atoms. The van der Waals surface area contributed by atoms with E-state index in [1.54, 1.807) is 6.20 Å². The van der Waals surface area contributed by atoms with Crippen molar-refractivity contribution in [2.75, 3.05) is 0 Å². The summed E-state index contributed by atoms with van der Waals surface area (Å²) in [6.45, 7) is 0. The molecule has 0 atom stereocenters. The summed E-state index contributed by atoms with van der Waals surface area (Å²) >= 11 is 5.88. The van der Waals surface area contributed by atoms with E-state index in [9.17, 15) is 4.79 Å². The van der Waals surface area contributed by atoms with Crippen molar-refractivity contribution in [1.82, 2.24) is 4.98 Å². The Kier molecular flexibility index (Phi) is 2.88. The van der Waals surface area contributed by atoms with Gasteiger partial charge in [-0.3, -0.25) is 4.79 Å². The number of benzene rings is 1. The van der Waals surface area contributed by atoms with Crippen LogP contribution >= 0.6 is 11.6 Å². The Morgan fingerprint density at radius 2 is 2.20 bits per heavy atom. The second-order valence-corrected chi connectivity index (χ2v) is 3.82. The van der Waals surface area contributed by atoms with Crippen molar-refractivity contribution < 1.29 is 4.79 Å². The summed E-state index contributed by atoms with van der Waals surface area (Å²) in [6, 6.07) is 9.53. The fourth-order valence-electron chi connectivity index (χ4n) is 1.50. The van der Waals surface area contributed by atoms with Crippen LogP contribution in [0.2, 0.25) is 5.02 Å². The number of H-pyrrole nitrogens is 1. The molecule has 0 saturated carbocycles. The lowest BCUT2D eigenvalue weighted by Gasteiger charge is -1.99. The maximum absolute atomic E-state index is 10.5. The zero-order valence-corrected chi connectivity index (χ0v) is 8.79. The van der Waals surface area contributed by atoms with E-state index in [2.05, 4.69) is 4.98 Å². The van der Waals surface area contributed by atoms with Crippen molar-refractivity contribution in [2.24, 2.45) is 0 Å². The van der Waals surface area contributed by atoms with Gasteiger partial charge < -0.3 is 4.98 Å². The highest BCUT2D eigenvalue weighted by atomic mass is 35.5. The molecule has 0 fully saturated rings. The Bertz CT molecular complexity index is 476. The third kappa shape index (κ3) is 2.48. The predicted molar refractivity (Wildman–Crippen MR) is 60.4 cm³/mol. The number of rotatable bonds is 3. The summed E-state index contributed by atoms with van der Waals surface area (Å²) < 4.78 is 0. The molecule has 1 heterocycles. The number of hydrogen-bond donors (Lipinski definition) is 1. The van der Waals surface area contributed by atoms with E-state index >= 15 is 0 Å². The van der Waals surface area contributed by atoms with Gasteiger partial charge in [0.15, 0.2) is 6.29 Å². The van der Waals surface area contributed by atoms with E-state index in [4.69, 9.17) is 11.6 Å². The lowest BCUT2D eigenvalue weighted by molar-refractivity contribution is 0.112. The van der Waals surface area contributed by atoms with E-state index in [0.29, 0.717) is 5.56 Å². The number of carbonyl (C=O) groups excluding carboxylic acids is 1. The fraction of sp³-hybridized carbons (Fsp3) is 0.0833. The highest BCUT2D eigenvalue weighted by Crippen LogP contribution is 2.14. The van der Waals surface area contributed by atoms with Crippen LogP contribution in [-0.4, -0.2) is 11.3 Å². The molecule has 2 aromatic rings. The van der Waals surface area contributed by atoms with Crippen molar-refractivity contribution in [2.45, 2.75) is 6.42 Å². The SMILES string of the molecule is O=Cc1c[nH]c(Cc2cccc(Cl)c2)c1. The predicted octanol–water partition coefficient (Wildman–Crippen LogP) is 3.07. The van der Waals surface area contributed by atoms with Crippen LogP contribution in [0.25, 0.3) is 0 Å². The average molecular weight is 220 g/mol. The number of aromatic amines is 1. The van der Waals surface area contributed by atoms with Crippen LogP contribution in [-0.2, 0) is 6.42 Å². The molecule has 15 heavy (non-hydrogen) atoms. The topological polar surface area (TPSA) is 32.9 Å². The number of nitrogens with one attached hydrogen (secondary N) is 1. The second-order valence-electron chi connectivity index (χ2n) is 3.38. The monoisotopic (exact) mass is 219 g/mol. The maximum atomic E-state index is 10.5. The normalized spacial score (nSPS) is 10.2. The number of aromatic nitrogens is 1. The fourth-order valence-corrected chi connectivity index (χ4v) is 1.71. The van der Waals surface area contributed by atoms with Crippen LogP contribution in [0.15, 0.2) is 36.5 Å². The van der Waals surface area contributed by atoms with Crippen molar-refractivity contribution >= 4 is 17.9 Å². The molecule has 2 rings (SSSR count). The Balaban J connectivity index is 2.18. The molecule has 0 unspecified atom stereocenters. The summed E-state index contributed by atoms with van der Waals surface area (Å²) in [5, 5.41) is 0.731. The first kappa shape index (κ1) is 9.99. The lowest BCUT2D eigenvalue weighted by atomic mass is 10.1. The van der Waals surface area contributed by atoms with Crippen molar-refractivity contribution in [1.29, 1.82) is 0 Å². The van der Waals surface area contributed by atoms with Crippen LogP contribution in [0.4, 0.5) is 0 Å². The van der Waals surface area contributed by atoms with E-state index in [-0.39, 0.29) is 0 Å². The molecule has 0 aliphatic heterocycles. The summed E-state index contributed by atoms with van der Waals surface area (Å²) in [5.41, 5.74) is 2.81. The Morgan fingerprint density at radius 1 is 1.33 bits per heavy atom. The van der Waals surface area contributed by atoms with E-state index in [0.717, 1.165) is 29.0 Å². The summed E-state index contributed by atoms with van der Waals surface area (Å²) in [6.07, 6.45) is 3.29. The first-order valence-electron chi connectivity index (χ1n) is 4.65. The molecule has 0 aliphatic carbocycles. The first-order chi connectivity index (χ1) is 7.28. The molecule has 1 N–H and O–H groups in total. The van der Waals surface area contributed by atoms with Gasteiger partial charge in [-0.1, -0.05) is 23.7 Å². The van der Waals surface area contributed by atoms with E-state index in [1.807, 2.05) is 30.3 Å². The molecule has 0 saturated heterocycles. The number of carbonyl (C=O) groups is 1. The van der Waals surface area contributed by atoms with Gasteiger partial charge in [-0.05, 0) is 23.8 Å². The first-order valence-corrected chi connectivity index (χ1v) is 5.02. The van der Waals surface area contributed by atoms with Gasteiger partial charge in [-0.15, -0.1) is 0 Å². The van der Waals surface area contributed by atoms with Gasteiger partial charge in [0.05, 0.1) is 0 Å². The molecule has 0 aliphatic rings. The Morgan fingerprint density at radius 3 is 2.87 bits per heavy atom. The molecule has 1 aromatic heterocycles. The highest BCUT2D eigenvalue weighted by molar-refractivity contribution is 6.30. The molecule has 0 amide bonds. The van der Waals surface area contributed by atoms with Gasteiger partial charge in [0.2, 0.25) is 0 Å². The van der Waals surface area contributed by atoms with Gasteiger partial charge in [0, 0.05) is 28.9 Å². The second kappa shape index (κ2) is 4.32. The van der Waals surface area contributed by atoms with E-state index in [1.165, 1.54) is 0 Å². The summed E-state index contributed by atoms with van der Waals surface area (Å²) in [5.74, 6) is 0. The minimum atomic E-state index is 0.673. The smallest absolute Gasteiger partial charge is 0.151 e. The number of halogens is 1. The minimum Gasteiger partial charge on any atom is -0.364 e. The van der Waals surface area contributed by atoms with Crippen LogP contribution in [0.3, 0.4) is 0 Å². The van der Waals surface area contributed by atoms with Crippen LogP contribution in [0, 0.1) is 0 Å². The number of hydrogen-bond acceptors (Lipinski definition) is 1. The van der Waals surface area contributed by atoms with Crippen molar-refractivity contribution in [3.05, 3.63) is 58.4 Å². The van der Waals surface area contributed by atoms with Crippen LogP contribution < -0.4 is 0 Å². The van der Waals surface area contributed by atoms with Crippen LogP contribution in [0.1, 0.15) is 21.6 Å². The van der Waals surface area contributed by atoms with Crippen molar-refractivity contribution in [3.8, 4) is 0 Å². The molecule has 0 radical (unpaired) electrons. The minimum absolute atomic E-state index is 0.673. The average Bonchev–Trinajstić information content (AvgIpc) is 2.65. The standard InChI is InChI=1S/C12H10ClNO/c13-11-3-1-2-9(4-11)5-12-6-10(8-15)7-14-12/h1-4,6-8,14H,5H2. The lowest BCUT2D eigenvalue weighted by Crippen LogP contribution is -1.87. The molecule has 76 valence electrons. The highest BCUT2D eigenvalue weighted by Gasteiger charge is 2.00. The number of aldehydes is 1. The molecule has 3 heteroatoms. The van der Waals surface area contributed by atoms with Gasteiger partial charge in [0.1, 0.15) is 0 Å². The molecular weight excluding hydrogens is 210 g/mol. The van der Waals surface area contributed by atoms with Crippen molar-refractivity contribution in [3.63, 3.8) is 0 Å². The Hall–Kier alpha value is -1.54. The Labute approximate surface area is 92.9 Å².